The number of benzene rings is 3. The summed E-state index contributed by atoms with van der Waals surface area (Å²) in [6.07, 6.45) is 0. The van der Waals surface area contributed by atoms with E-state index >= 15 is 0 Å². The van der Waals surface area contributed by atoms with Crippen molar-refractivity contribution in [2.24, 2.45) is 0 Å². The molecule has 0 aliphatic heterocycles. The smallest absolute Gasteiger partial charge is 0.313 e. The molecule has 0 unspecified atom stereocenters. The van der Waals surface area contributed by atoms with Gasteiger partial charge in [-0.1, -0.05) is 54.1 Å². The summed E-state index contributed by atoms with van der Waals surface area (Å²) in [5.74, 6) is -1.66. The number of hydrogen-bond donors (Lipinski definition) is 2. The topological polar surface area (TPSA) is 103 Å². The zero-order valence-electron chi connectivity index (χ0n) is 15.0. The first-order valence-corrected chi connectivity index (χ1v) is 10.5. The van der Waals surface area contributed by atoms with Gasteiger partial charge < -0.3 is 19.4 Å². The van der Waals surface area contributed by atoms with Crippen LogP contribution in [0.3, 0.4) is 0 Å². The van der Waals surface area contributed by atoms with Crippen LogP contribution < -0.4 is 9.92 Å². The van der Waals surface area contributed by atoms with Crippen LogP contribution in [0.1, 0.15) is 5.56 Å². The van der Waals surface area contributed by atoms with Crippen molar-refractivity contribution in [2.75, 3.05) is 5.73 Å². The molecular weight excluding hydrogens is 414 g/mol. The molecule has 0 atom stereocenters. The van der Waals surface area contributed by atoms with Crippen molar-refractivity contribution in [3.05, 3.63) is 77.3 Å². The first-order valence-electron chi connectivity index (χ1n) is 8.59. The van der Waals surface area contributed by atoms with E-state index < -0.39 is 27.4 Å². The molecule has 0 saturated carbocycles. The lowest BCUT2D eigenvalue weighted by atomic mass is 10.1. The molecule has 0 saturated heterocycles. The lowest BCUT2D eigenvalue weighted by Gasteiger charge is -2.07. The fourth-order valence-corrected chi connectivity index (χ4v) is 4.18. The van der Waals surface area contributed by atoms with Crippen molar-refractivity contribution in [3.8, 4) is 22.8 Å². The van der Waals surface area contributed by atoms with Crippen LogP contribution >= 0.6 is 11.6 Å². The van der Waals surface area contributed by atoms with Crippen molar-refractivity contribution in [2.45, 2.75) is 5.75 Å². The van der Waals surface area contributed by atoms with E-state index in [9.17, 15) is 13.5 Å². The Morgan fingerprint density at radius 2 is 1.69 bits per heavy atom. The van der Waals surface area contributed by atoms with Crippen molar-refractivity contribution in [1.82, 2.24) is 0 Å². The van der Waals surface area contributed by atoms with Crippen LogP contribution in [0.25, 0.3) is 22.1 Å². The molecule has 0 bridgehead atoms. The molecule has 6 nitrogen and oxygen atoms in total. The van der Waals surface area contributed by atoms with Crippen LogP contribution in [-0.2, 0) is 15.9 Å². The van der Waals surface area contributed by atoms with E-state index in [0.717, 1.165) is 10.8 Å². The van der Waals surface area contributed by atoms with E-state index in [1.165, 1.54) is 0 Å². The van der Waals surface area contributed by atoms with Gasteiger partial charge in [-0.2, -0.15) is 8.42 Å². The molecule has 1 aromatic heterocycles. The molecule has 4 rings (SSSR count). The standard InChI is InChI=1S/C21H16ClNO5S/c22-17-9-7-15(8-10-17)19-18(24)20(21(23)27-19)28-29(25,26)12-13-5-6-14-3-1-2-4-16(14)11-13/h1-11,24H,12,23H2. The number of nitrogen functional groups attached to an aromatic ring is 1. The SMILES string of the molecule is Nc1oc(-c2ccc(Cl)cc2)c(O)c1OS(=O)(=O)Cc1ccc2ccccc2c1. The first kappa shape index (κ1) is 19.2. The van der Waals surface area contributed by atoms with Crippen LogP contribution in [0.4, 0.5) is 5.88 Å². The van der Waals surface area contributed by atoms with E-state index in [0.29, 0.717) is 16.1 Å². The van der Waals surface area contributed by atoms with Gasteiger partial charge in [0.05, 0.1) is 0 Å². The Morgan fingerprint density at radius 3 is 2.41 bits per heavy atom. The number of halogens is 1. The van der Waals surface area contributed by atoms with Crippen molar-refractivity contribution >= 4 is 38.4 Å². The summed E-state index contributed by atoms with van der Waals surface area (Å²) in [4.78, 5) is 0. The van der Waals surface area contributed by atoms with Crippen molar-refractivity contribution in [3.63, 3.8) is 0 Å². The molecular formula is C21H16ClNO5S. The fourth-order valence-electron chi connectivity index (χ4n) is 2.99. The molecule has 0 aliphatic rings. The van der Waals surface area contributed by atoms with Crippen molar-refractivity contribution < 1.29 is 22.1 Å². The maximum atomic E-state index is 12.6. The van der Waals surface area contributed by atoms with Gasteiger partial charge in [0.2, 0.25) is 17.4 Å². The summed E-state index contributed by atoms with van der Waals surface area (Å²) in [6.45, 7) is 0. The van der Waals surface area contributed by atoms with Crippen LogP contribution in [0.15, 0.2) is 71.1 Å². The van der Waals surface area contributed by atoms with Gasteiger partial charge in [-0.15, -0.1) is 0 Å². The van der Waals surface area contributed by atoms with Gasteiger partial charge in [0.25, 0.3) is 0 Å². The van der Waals surface area contributed by atoms with E-state index in [4.69, 9.17) is 25.9 Å². The molecule has 0 fully saturated rings. The van der Waals surface area contributed by atoms with Crippen LogP contribution in [0, 0.1) is 0 Å². The average Bonchev–Trinajstić information content (AvgIpc) is 2.96. The normalized spacial score (nSPS) is 11.6. The molecule has 0 aliphatic carbocycles. The number of rotatable bonds is 5. The highest BCUT2D eigenvalue weighted by Gasteiger charge is 2.26. The highest BCUT2D eigenvalue weighted by atomic mass is 35.5. The second-order valence-electron chi connectivity index (χ2n) is 6.45. The summed E-state index contributed by atoms with van der Waals surface area (Å²) in [7, 11) is -4.10. The molecule has 29 heavy (non-hydrogen) atoms. The van der Waals surface area contributed by atoms with Gasteiger partial charge >= 0.3 is 10.1 Å². The number of aromatic hydroxyl groups is 1. The number of fused-ring (bicyclic) bond motifs is 1. The van der Waals surface area contributed by atoms with E-state index in [-0.39, 0.29) is 11.6 Å². The average molecular weight is 430 g/mol. The van der Waals surface area contributed by atoms with Crippen LogP contribution in [-0.4, -0.2) is 13.5 Å². The molecule has 1 heterocycles. The quantitative estimate of drug-likeness (QED) is 0.435. The van der Waals surface area contributed by atoms with Crippen LogP contribution in [0.2, 0.25) is 5.02 Å². The number of anilines is 1. The maximum absolute atomic E-state index is 12.6. The molecule has 148 valence electrons. The minimum absolute atomic E-state index is 0.00456. The van der Waals surface area contributed by atoms with E-state index in [1.807, 2.05) is 30.3 Å². The minimum Gasteiger partial charge on any atom is -0.501 e. The Balaban J connectivity index is 1.61. The molecule has 0 radical (unpaired) electrons. The first-order chi connectivity index (χ1) is 13.8. The molecule has 4 aromatic rings. The van der Waals surface area contributed by atoms with Gasteiger partial charge in [0.1, 0.15) is 5.75 Å². The predicted molar refractivity (Wildman–Crippen MR) is 112 cm³/mol. The third-order valence-electron chi connectivity index (χ3n) is 4.34. The monoisotopic (exact) mass is 429 g/mol. The highest BCUT2D eigenvalue weighted by Crippen LogP contribution is 2.45. The highest BCUT2D eigenvalue weighted by molar-refractivity contribution is 7.86. The van der Waals surface area contributed by atoms with E-state index in [2.05, 4.69) is 0 Å². The third kappa shape index (κ3) is 4.01. The van der Waals surface area contributed by atoms with Gasteiger partial charge in [0.15, 0.2) is 5.76 Å². The Morgan fingerprint density at radius 1 is 1.00 bits per heavy atom. The summed E-state index contributed by atoms with van der Waals surface area (Å²) >= 11 is 5.85. The number of furan rings is 1. The van der Waals surface area contributed by atoms with Gasteiger partial charge in [0, 0.05) is 10.6 Å². The molecule has 3 N–H and O–H groups in total. The number of nitrogens with two attached hydrogens (primary N) is 1. The summed E-state index contributed by atoms with van der Waals surface area (Å²) in [5.41, 5.74) is 6.76. The Bertz CT molecular complexity index is 1300. The summed E-state index contributed by atoms with van der Waals surface area (Å²) in [5, 5.41) is 12.8. The Hall–Kier alpha value is -3.16. The van der Waals surface area contributed by atoms with Gasteiger partial charge in [-0.25, -0.2) is 0 Å². The zero-order valence-corrected chi connectivity index (χ0v) is 16.6. The molecule has 0 amide bonds. The van der Waals surface area contributed by atoms with E-state index in [1.54, 1.807) is 36.4 Å². The van der Waals surface area contributed by atoms with Gasteiger partial charge in [-0.3, -0.25) is 0 Å². The van der Waals surface area contributed by atoms with Crippen LogP contribution in [0.5, 0.6) is 11.5 Å². The lowest BCUT2D eigenvalue weighted by molar-refractivity contribution is 0.432. The molecule has 8 heteroatoms. The van der Waals surface area contributed by atoms with Crippen molar-refractivity contribution in [1.29, 1.82) is 0 Å². The number of hydrogen-bond acceptors (Lipinski definition) is 6. The molecule has 3 aromatic carbocycles. The second kappa shape index (κ2) is 7.35. The summed E-state index contributed by atoms with van der Waals surface area (Å²) < 4.78 is 35.5. The Kier molecular flexibility index (Phi) is 4.86. The molecule has 0 spiro atoms. The Labute approximate surface area is 172 Å². The minimum atomic E-state index is -4.10. The second-order valence-corrected chi connectivity index (χ2v) is 8.45. The zero-order chi connectivity index (χ0) is 20.6. The fraction of sp³-hybridized carbons (Fsp3) is 0.0476. The third-order valence-corrected chi connectivity index (χ3v) is 5.70. The lowest BCUT2D eigenvalue weighted by Crippen LogP contribution is -2.12. The van der Waals surface area contributed by atoms with Gasteiger partial charge in [-0.05, 0) is 40.6 Å². The largest absolute Gasteiger partial charge is 0.501 e. The maximum Gasteiger partial charge on any atom is 0.313 e. The predicted octanol–water partition coefficient (Wildman–Crippen LogP) is 4.95. The summed E-state index contributed by atoms with van der Waals surface area (Å²) in [6, 6.07) is 19.3.